The zero-order valence-electron chi connectivity index (χ0n) is 14.9. The minimum atomic E-state index is -0.492. The number of nitrogens with one attached hydrogen (secondary N) is 1. The van der Waals surface area contributed by atoms with Gasteiger partial charge in [0.1, 0.15) is 17.3 Å². The third-order valence-corrected chi connectivity index (χ3v) is 5.22. The molecule has 0 unspecified atom stereocenters. The van der Waals surface area contributed by atoms with Gasteiger partial charge in [-0.05, 0) is 62.4 Å². The fraction of sp³-hybridized carbons (Fsp3) is 0.227. The van der Waals surface area contributed by atoms with Crippen molar-refractivity contribution in [2.24, 2.45) is 0 Å². The van der Waals surface area contributed by atoms with Gasteiger partial charge in [-0.15, -0.1) is 0 Å². The summed E-state index contributed by atoms with van der Waals surface area (Å²) in [7, 11) is 0. The van der Waals surface area contributed by atoms with Crippen molar-refractivity contribution in [2.75, 3.05) is 0 Å². The quantitative estimate of drug-likeness (QED) is 0.619. The molecule has 3 nitrogen and oxygen atoms in total. The minimum absolute atomic E-state index is 0.00521. The molecule has 0 saturated heterocycles. The van der Waals surface area contributed by atoms with Crippen LogP contribution in [-0.2, 0) is 12.8 Å². The van der Waals surface area contributed by atoms with Gasteiger partial charge in [-0.25, -0.2) is 4.39 Å². The molecule has 1 N–H and O–H groups in total. The molecule has 0 radical (unpaired) electrons. The molecule has 0 saturated carbocycles. The average molecular weight is 384 g/mol. The van der Waals surface area contributed by atoms with Crippen molar-refractivity contribution in [2.45, 2.75) is 32.6 Å². The standard InChI is InChI=1S/C22H19ClFNO2/c1-13-21(22(26)17-7-2-3-8-20(17)25-13)14-5-4-6-15(11-14)27-16-9-10-19(24)18(23)12-16/h4-6,9-12H,2-3,7-8H2,1H3,(H,25,26). The first kappa shape index (κ1) is 17.8. The number of aromatic nitrogens is 1. The molecule has 0 aliphatic heterocycles. The molecular weight excluding hydrogens is 365 g/mol. The van der Waals surface area contributed by atoms with Crippen LogP contribution in [0.3, 0.4) is 0 Å². The van der Waals surface area contributed by atoms with Crippen LogP contribution in [0.15, 0.2) is 47.3 Å². The number of aryl methyl sites for hydroxylation is 2. The summed E-state index contributed by atoms with van der Waals surface area (Å²) in [5, 5.41) is 0.00521. The molecule has 4 rings (SSSR count). The SMILES string of the molecule is Cc1[nH]c2c(c(=O)c1-c1cccc(Oc3ccc(F)c(Cl)c3)c1)CCCC2. The number of benzene rings is 2. The predicted octanol–water partition coefficient (Wildman–Crippen LogP) is 5.81. The fourth-order valence-electron chi connectivity index (χ4n) is 3.64. The topological polar surface area (TPSA) is 42.1 Å². The summed E-state index contributed by atoms with van der Waals surface area (Å²) >= 11 is 5.82. The summed E-state index contributed by atoms with van der Waals surface area (Å²) in [6.07, 6.45) is 3.92. The third kappa shape index (κ3) is 3.50. The smallest absolute Gasteiger partial charge is 0.193 e. The molecular formula is C22H19ClFNO2. The Hall–Kier alpha value is -2.59. The maximum Gasteiger partial charge on any atom is 0.193 e. The van der Waals surface area contributed by atoms with Gasteiger partial charge in [0.25, 0.3) is 0 Å². The molecule has 1 heterocycles. The van der Waals surface area contributed by atoms with Gasteiger partial charge >= 0.3 is 0 Å². The first-order valence-corrected chi connectivity index (χ1v) is 9.38. The highest BCUT2D eigenvalue weighted by Gasteiger charge is 2.19. The predicted molar refractivity (Wildman–Crippen MR) is 105 cm³/mol. The van der Waals surface area contributed by atoms with E-state index in [0.717, 1.165) is 48.2 Å². The highest BCUT2D eigenvalue weighted by atomic mass is 35.5. The molecule has 0 atom stereocenters. The van der Waals surface area contributed by atoms with E-state index in [0.29, 0.717) is 17.1 Å². The van der Waals surface area contributed by atoms with E-state index < -0.39 is 5.82 Å². The van der Waals surface area contributed by atoms with Crippen molar-refractivity contribution in [3.05, 3.63) is 80.5 Å². The van der Waals surface area contributed by atoms with E-state index in [1.807, 2.05) is 25.1 Å². The Morgan fingerprint density at radius 3 is 2.67 bits per heavy atom. The van der Waals surface area contributed by atoms with Gasteiger partial charge in [0.15, 0.2) is 5.43 Å². The summed E-state index contributed by atoms with van der Waals surface area (Å²) < 4.78 is 19.1. The van der Waals surface area contributed by atoms with Gasteiger partial charge in [0, 0.05) is 28.6 Å². The van der Waals surface area contributed by atoms with Crippen molar-refractivity contribution in [3.63, 3.8) is 0 Å². The van der Waals surface area contributed by atoms with E-state index in [-0.39, 0.29) is 10.5 Å². The summed E-state index contributed by atoms with van der Waals surface area (Å²) in [4.78, 5) is 16.5. The van der Waals surface area contributed by atoms with Gasteiger partial charge in [-0.1, -0.05) is 23.7 Å². The second-order valence-electron chi connectivity index (χ2n) is 6.82. The lowest BCUT2D eigenvalue weighted by Gasteiger charge is -2.18. The highest BCUT2D eigenvalue weighted by Crippen LogP contribution is 2.30. The fourth-order valence-corrected chi connectivity index (χ4v) is 3.81. The number of H-pyrrole nitrogens is 1. The van der Waals surface area contributed by atoms with Crippen LogP contribution in [0.5, 0.6) is 11.5 Å². The molecule has 0 spiro atoms. The molecule has 0 bridgehead atoms. The van der Waals surface area contributed by atoms with Crippen molar-refractivity contribution in [1.29, 1.82) is 0 Å². The first-order chi connectivity index (χ1) is 13.0. The van der Waals surface area contributed by atoms with Crippen molar-refractivity contribution in [1.82, 2.24) is 4.98 Å². The lowest BCUT2D eigenvalue weighted by molar-refractivity contribution is 0.481. The van der Waals surface area contributed by atoms with Crippen LogP contribution >= 0.6 is 11.6 Å². The van der Waals surface area contributed by atoms with Crippen molar-refractivity contribution in [3.8, 4) is 22.6 Å². The number of rotatable bonds is 3. The largest absolute Gasteiger partial charge is 0.457 e. The van der Waals surface area contributed by atoms with Crippen LogP contribution in [0.2, 0.25) is 5.02 Å². The van der Waals surface area contributed by atoms with E-state index in [4.69, 9.17) is 16.3 Å². The number of aromatic amines is 1. The maximum atomic E-state index is 13.3. The van der Waals surface area contributed by atoms with Crippen LogP contribution in [0, 0.1) is 12.7 Å². The van der Waals surface area contributed by atoms with Crippen LogP contribution in [-0.4, -0.2) is 4.98 Å². The second kappa shape index (κ2) is 7.20. The highest BCUT2D eigenvalue weighted by molar-refractivity contribution is 6.30. The Morgan fingerprint density at radius 2 is 1.85 bits per heavy atom. The van der Waals surface area contributed by atoms with Gasteiger partial charge in [-0.2, -0.15) is 0 Å². The van der Waals surface area contributed by atoms with Crippen LogP contribution in [0.4, 0.5) is 4.39 Å². The van der Waals surface area contributed by atoms with Gasteiger partial charge in [0.05, 0.1) is 5.02 Å². The van der Waals surface area contributed by atoms with E-state index in [1.54, 1.807) is 6.07 Å². The summed E-state index contributed by atoms with van der Waals surface area (Å²) in [5.41, 5.74) is 4.41. The molecule has 1 aliphatic carbocycles. The van der Waals surface area contributed by atoms with E-state index in [1.165, 1.54) is 18.2 Å². The Balaban J connectivity index is 1.73. The van der Waals surface area contributed by atoms with Crippen molar-refractivity contribution < 1.29 is 9.13 Å². The molecule has 1 aliphatic rings. The van der Waals surface area contributed by atoms with Gasteiger partial charge in [-0.3, -0.25) is 4.79 Å². The Labute approximate surface area is 161 Å². The van der Waals surface area contributed by atoms with Gasteiger partial charge in [0.2, 0.25) is 0 Å². The monoisotopic (exact) mass is 383 g/mol. The molecule has 3 aromatic rings. The molecule has 5 heteroatoms. The van der Waals surface area contributed by atoms with Gasteiger partial charge < -0.3 is 9.72 Å². The Morgan fingerprint density at radius 1 is 1.07 bits per heavy atom. The molecule has 138 valence electrons. The van der Waals surface area contributed by atoms with Crippen LogP contribution in [0.1, 0.15) is 29.8 Å². The minimum Gasteiger partial charge on any atom is -0.457 e. The number of halogens is 2. The number of hydrogen-bond donors (Lipinski definition) is 1. The van der Waals surface area contributed by atoms with E-state index in [2.05, 4.69) is 4.98 Å². The molecule has 2 aromatic carbocycles. The lowest BCUT2D eigenvalue weighted by Crippen LogP contribution is -2.21. The zero-order chi connectivity index (χ0) is 19.0. The summed E-state index contributed by atoms with van der Waals surface area (Å²) in [6.45, 7) is 1.93. The van der Waals surface area contributed by atoms with E-state index in [9.17, 15) is 9.18 Å². The summed E-state index contributed by atoms with van der Waals surface area (Å²) in [6, 6.07) is 11.6. The van der Waals surface area contributed by atoms with E-state index >= 15 is 0 Å². The normalized spacial score (nSPS) is 13.3. The second-order valence-corrected chi connectivity index (χ2v) is 7.23. The Bertz CT molecular complexity index is 1070. The number of pyridine rings is 1. The first-order valence-electron chi connectivity index (χ1n) is 9.01. The van der Waals surface area contributed by atoms with Crippen LogP contribution < -0.4 is 10.2 Å². The Kier molecular flexibility index (Phi) is 4.75. The molecule has 0 amide bonds. The molecule has 1 aromatic heterocycles. The third-order valence-electron chi connectivity index (χ3n) is 4.93. The number of hydrogen-bond acceptors (Lipinski definition) is 2. The number of fused-ring (bicyclic) bond motifs is 1. The lowest BCUT2D eigenvalue weighted by atomic mass is 9.91. The average Bonchev–Trinajstić information content (AvgIpc) is 2.65. The van der Waals surface area contributed by atoms with Crippen LogP contribution in [0.25, 0.3) is 11.1 Å². The summed E-state index contributed by atoms with van der Waals surface area (Å²) in [5.74, 6) is 0.510. The number of ether oxygens (including phenoxy) is 1. The zero-order valence-corrected chi connectivity index (χ0v) is 15.7. The maximum absolute atomic E-state index is 13.3. The van der Waals surface area contributed by atoms with Crippen molar-refractivity contribution >= 4 is 11.6 Å². The molecule has 27 heavy (non-hydrogen) atoms. The molecule has 0 fully saturated rings.